The van der Waals surface area contributed by atoms with Gasteiger partial charge in [-0.1, -0.05) is 36.4 Å². The highest BCUT2D eigenvalue weighted by atomic mass is 16.2. The van der Waals surface area contributed by atoms with E-state index in [0.717, 1.165) is 30.0 Å². The molecule has 3 aromatic rings. The number of benzene rings is 2. The minimum Gasteiger partial charge on any atom is -0.353 e. The first-order chi connectivity index (χ1) is 12.3. The Morgan fingerprint density at radius 1 is 0.880 bits per heavy atom. The Kier molecular flexibility index (Phi) is 4.21. The highest BCUT2D eigenvalue weighted by Gasteiger charge is 2.21. The summed E-state index contributed by atoms with van der Waals surface area (Å²) in [5.74, 6) is 0.970. The first-order valence-electron chi connectivity index (χ1n) is 8.50. The van der Waals surface area contributed by atoms with E-state index in [1.807, 2.05) is 53.4 Å². The monoisotopic (exact) mass is 332 g/mol. The summed E-state index contributed by atoms with van der Waals surface area (Å²) in [5.41, 5.74) is 0.829. The summed E-state index contributed by atoms with van der Waals surface area (Å²) in [6, 6.07) is 20.0. The molecule has 2 amide bonds. The molecule has 0 spiro atoms. The fourth-order valence-electron chi connectivity index (χ4n) is 3.15. The molecule has 1 fully saturated rings. The number of fused-ring (bicyclic) bond motifs is 1. The van der Waals surface area contributed by atoms with Crippen LogP contribution < -0.4 is 10.2 Å². The van der Waals surface area contributed by atoms with Crippen LogP contribution >= 0.6 is 0 Å². The lowest BCUT2D eigenvalue weighted by Gasteiger charge is -2.35. The molecule has 2 heterocycles. The standard InChI is InChI=1S/C20H20N4O/c25-20(22-18-9-8-16-5-1-2-6-17(16)15-18)24-13-11-23(12-14-24)19-7-3-4-10-21-19/h1-10,15H,11-14H2,(H,22,25). The molecule has 0 unspecified atom stereocenters. The Labute approximate surface area is 146 Å². The molecule has 126 valence electrons. The van der Waals surface area contributed by atoms with Crippen LogP contribution in [0.2, 0.25) is 0 Å². The van der Waals surface area contributed by atoms with Crippen molar-refractivity contribution in [3.8, 4) is 0 Å². The topological polar surface area (TPSA) is 48.5 Å². The summed E-state index contributed by atoms with van der Waals surface area (Å²) in [6.45, 7) is 2.97. The molecule has 1 aliphatic heterocycles. The van der Waals surface area contributed by atoms with Crippen LogP contribution in [0.1, 0.15) is 0 Å². The maximum Gasteiger partial charge on any atom is 0.321 e. The largest absolute Gasteiger partial charge is 0.353 e. The van der Waals surface area contributed by atoms with E-state index in [1.165, 1.54) is 5.39 Å². The molecule has 5 heteroatoms. The van der Waals surface area contributed by atoms with Crippen molar-refractivity contribution >= 4 is 28.3 Å². The van der Waals surface area contributed by atoms with E-state index in [1.54, 1.807) is 6.20 Å². The number of anilines is 2. The average Bonchev–Trinajstić information content (AvgIpc) is 2.69. The first-order valence-corrected chi connectivity index (χ1v) is 8.50. The summed E-state index contributed by atoms with van der Waals surface area (Å²) >= 11 is 0. The van der Waals surface area contributed by atoms with Gasteiger partial charge in [-0.25, -0.2) is 9.78 Å². The normalized spacial score (nSPS) is 14.6. The van der Waals surface area contributed by atoms with Gasteiger partial charge in [0.05, 0.1) is 0 Å². The number of aromatic nitrogens is 1. The molecule has 4 rings (SSSR count). The molecule has 5 nitrogen and oxygen atoms in total. The van der Waals surface area contributed by atoms with Crippen molar-refractivity contribution in [2.24, 2.45) is 0 Å². The van der Waals surface area contributed by atoms with Gasteiger partial charge in [-0.05, 0) is 35.0 Å². The van der Waals surface area contributed by atoms with Gasteiger partial charge in [0, 0.05) is 38.1 Å². The Morgan fingerprint density at radius 3 is 2.40 bits per heavy atom. The fraction of sp³-hybridized carbons (Fsp3) is 0.200. The van der Waals surface area contributed by atoms with Gasteiger partial charge in [0.15, 0.2) is 0 Å². The van der Waals surface area contributed by atoms with Crippen molar-refractivity contribution in [2.45, 2.75) is 0 Å². The Balaban J connectivity index is 1.38. The van der Waals surface area contributed by atoms with Crippen molar-refractivity contribution in [2.75, 3.05) is 36.4 Å². The summed E-state index contributed by atoms with van der Waals surface area (Å²) in [7, 11) is 0. The van der Waals surface area contributed by atoms with Gasteiger partial charge in [-0.3, -0.25) is 0 Å². The molecule has 0 atom stereocenters. The first kappa shape index (κ1) is 15.4. The number of nitrogens with zero attached hydrogens (tertiary/aromatic N) is 3. The third kappa shape index (κ3) is 3.40. The van der Waals surface area contributed by atoms with E-state index < -0.39 is 0 Å². The number of rotatable bonds is 2. The van der Waals surface area contributed by atoms with Crippen LogP contribution in [0, 0.1) is 0 Å². The SMILES string of the molecule is O=C(Nc1ccc2ccccc2c1)N1CCN(c2ccccn2)CC1. The molecular formula is C20H20N4O. The molecule has 0 aliphatic carbocycles. The quantitative estimate of drug-likeness (QED) is 0.780. The number of carbonyl (C=O) groups is 1. The average molecular weight is 332 g/mol. The molecular weight excluding hydrogens is 312 g/mol. The predicted molar refractivity (Wildman–Crippen MR) is 101 cm³/mol. The van der Waals surface area contributed by atoms with Gasteiger partial charge >= 0.3 is 6.03 Å². The maximum atomic E-state index is 12.5. The third-order valence-electron chi connectivity index (χ3n) is 4.54. The van der Waals surface area contributed by atoms with E-state index in [0.29, 0.717) is 13.1 Å². The van der Waals surface area contributed by atoms with Crippen molar-refractivity contribution in [3.63, 3.8) is 0 Å². The number of carbonyl (C=O) groups excluding carboxylic acids is 1. The molecule has 2 aromatic carbocycles. The van der Waals surface area contributed by atoms with E-state index in [4.69, 9.17) is 0 Å². The molecule has 1 saturated heterocycles. The number of hydrogen-bond acceptors (Lipinski definition) is 3. The minimum absolute atomic E-state index is 0.0454. The van der Waals surface area contributed by atoms with E-state index >= 15 is 0 Å². The molecule has 0 saturated carbocycles. The second kappa shape index (κ2) is 6.81. The molecule has 1 aromatic heterocycles. The predicted octanol–water partition coefficient (Wildman–Crippen LogP) is 3.59. The van der Waals surface area contributed by atoms with E-state index in [-0.39, 0.29) is 6.03 Å². The van der Waals surface area contributed by atoms with Gasteiger partial charge in [-0.2, -0.15) is 0 Å². The zero-order valence-corrected chi connectivity index (χ0v) is 13.9. The number of nitrogens with one attached hydrogen (secondary N) is 1. The zero-order chi connectivity index (χ0) is 17.1. The number of hydrogen-bond donors (Lipinski definition) is 1. The summed E-state index contributed by atoms with van der Waals surface area (Å²) in [4.78, 5) is 21.0. The third-order valence-corrected chi connectivity index (χ3v) is 4.54. The highest BCUT2D eigenvalue weighted by molar-refractivity contribution is 5.93. The Morgan fingerprint density at radius 2 is 1.64 bits per heavy atom. The Hall–Kier alpha value is -3.08. The molecule has 0 bridgehead atoms. The highest BCUT2D eigenvalue weighted by Crippen LogP contribution is 2.19. The lowest BCUT2D eigenvalue weighted by Crippen LogP contribution is -2.50. The fourth-order valence-corrected chi connectivity index (χ4v) is 3.15. The van der Waals surface area contributed by atoms with Crippen LogP contribution in [-0.2, 0) is 0 Å². The second-order valence-corrected chi connectivity index (χ2v) is 6.15. The lowest BCUT2D eigenvalue weighted by atomic mass is 10.1. The van der Waals surface area contributed by atoms with Gasteiger partial charge in [0.25, 0.3) is 0 Å². The van der Waals surface area contributed by atoms with Gasteiger partial charge in [0.1, 0.15) is 5.82 Å². The van der Waals surface area contributed by atoms with Crippen LogP contribution in [0.4, 0.5) is 16.3 Å². The molecule has 0 radical (unpaired) electrons. The van der Waals surface area contributed by atoms with Crippen LogP contribution in [0.5, 0.6) is 0 Å². The zero-order valence-electron chi connectivity index (χ0n) is 13.9. The smallest absolute Gasteiger partial charge is 0.321 e. The number of piperazine rings is 1. The molecule has 25 heavy (non-hydrogen) atoms. The van der Waals surface area contributed by atoms with E-state index in [2.05, 4.69) is 27.3 Å². The molecule has 1 N–H and O–H groups in total. The minimum atomic E-state index is -0.0454. The maximum absolute atomic E-state index is 12.5. The van der Waals surface area contributed by atoms with Crippen molar-refractivity contribution in [3.05, 3.63) is 66.9 Å². The van der Waals surface area contributed by atoms with Gasteiger partial charge in [-0.15, -0.1) is 0 Å². The van der Waals surface area contributed by atoms with E-state index in [9.17, 15) is 4.79 Å². The summed E-state index contributed by atoms with van der Waals surface area (Å²) < 4.78 is 0. The van der Waals surface area contributed by atoms with Crippen LogP contribution in [0.15, 0.2) is 66.9 Å². The summed E-state index contributed by atoms with van der Waals surface area (Å²) in [6.07, 6.45) is 1.80. The van der Waals surface area contributed by atoms with Crippen LogP contribution in [0.25, 0.3) is 10.8 Å². The second-order valence-electron chi connectivity index (χ2n) is 6.15. The molecule has 1 aliphatic rings. The van der Waals surface area contributed by atoms with Crippen molar-refractivity contribution < 1.29 is 4.79 Å². The van der Waals surface area contributed by atoms with Gasteiger partial charge < -0.3 is 15.1 Å². The van der Waals surface area contributed by atoms with Crippen molar-refractivity contribution in [1.82, 2.24) is 9.88 Å². The lowest BCUT2D eigenvalue weighted by molar-refractivity contribution is 0.208. The number of amides is 2. The Bertz CT molecular complexity index is 873. The van der Waals surface area contributed by atoms with Crippen LogP contribution in [-0.4, -0.2) is 42.1 Å². The van der Waals surface area contributed by atoms with Crippen molar-refractivity contribution in [1.29, 1.82) is 0 Å². The van der Waals surface area contributed by atoms with Gasteiger partial charge in [0.2, 0.25) is 0 Å². The number of urea groups is 1. The van der Waals surface area contributed by atoms with Crippen LogP contribution in [0.3, 0.4) is 0 Å². The summed E-state index contributed by atoms with van der Waals surface area (Å²) in [5, 5.41) is 5.31. The number of pyridine rings is 1.